The van der Waals surface area contributed by atoms with Crippen LogP contribution >= 0.6 is 0 Å². The molecular weight excluding hydrogens is 384 g/mol. The van der Waals surface area contributed by atoms with E-state index in [1.54, 1.807) is 6.07 Å². The maximum atomic E-state index is 12.9. The average molecular weight is 408 g/mol. The van der Waals surface area contributed by atoms with Gasteiger partial charge in [-0.2, -0.15) is 0 Å². The molecule has 3 heterocycles. The standard InChI is InChI=1S/C23H24N2O5/c26-22-8-4-15-12-17(5-6-18(15)24-22)30-14-23(27)25-9-1-2-19(25)16-3-7-20-21(13-16)29-11-10-28-20/h3,5-7,12-13,19H,1-2,4,8-11,14H2,(H,24,26)/t19-/m1/s1. The molecule has 0 spiro atoms. The van der Waals surface area contributed by atoms with Gasteiger partial charge in [0, 0.05) is 18.7 Å². The fourth-order valence-electron chi connectivity index (χ4n) is 4.36. The first-order valence-corrected chi connectivity index (χ1v) is 10.4. The highest BCUT2D eigenvalue weighted by Gasteiger charge is 2.31. The predicted octanol–water partition coefficient (Wildman–Crippen LogP) is 3.09. The molecule has 0 aromatic heterocycles. The van der Waals surface area contributed by atoms with Gasteiger partial charge in [0.2, 0.25) is 5.91 Å². The Morgan fingerprint density at radius 3 is 2.87 bits per heavy atom. The summed E-state index contributed by atoms with van der Waals surface area (Å²) in [6.45, 7) is 1.82. The second-order valence-corrected chi connectivity index (χ2v) is 7.80. The van der Waals surface area contributed by atoms with Gasteiger partial charge in [-0.3, -0.25) is 9.59 Å². The van der Waals surface area contributed by atoms with Crippen molar-refractivity contribution in [3.8, 4) is 17.2 Å². The van der Waals surface area contributed by atoms with E-state index in [0.717, 1.165) is 47.7 Å². The van der Waals surface area contributed by atoms with E-state index in [4.69, 9.17) is 14.2 Å². The van der Waals surface area contributed by atoms with Crippen molar-refractivity contribution in [2.45, 2.75) is 31.7 Å². The van der Waals surface area contributed by atoms with Crippen LogP contribution in [0.4, 0.5) is 5.69 Å². The number of likely N-dealkylation sites (tertiary alicyclic amines) is 1. The van der Waals surface area contributed by atoms with E-state index in [1.165, 1.54) is 0 Å². The zero-order valence-corrected chi connectivity index (χ0v) is 16.7. The normalized spacial score (nSPS) is 19.8. The third kappa shape index (κ3) is 3.67. The van der Waals surface area contributed by atoms with E-state index in [0.29, 0.717) is 31.8 Å². The molecule has 7 nitrogen and oxygen atoms in total. The SMILES string of the molecule is O=C1CCc2cc(OCC(=O)N3CCC[C@@H]3c3ccc4c(c3)OCCO4)ccc2N1. The largest absolute Gasteiger partial charge is 0.486 e. The van der Waals surface area contributed by atoms with Crippen LogP contribution in [0.15, 0.2) is 36.4 Å². The molecule has 3 aliphatic heterocycles. The van der Waals surface area contributed by atoms with E-state index >= 15 is 0 Å². The number of nitrogens with zero attached hydrogens (tertiary/aromatic N) is 1. The lowest BCUT2D eigenvalue weighted by Gasteiger charge is -2.27. The third-order valence-electron chi connectivity index (χ3n) is 5.86. The van der Waals surface area contributed by atoms with Crippen molar-refractivity contribution in [3.05, 3.63) is 47.5 Å². The van der Waals surface area contributed by atoms with Crippen molar-refractivity contribution < 1.29 is 23.8 Å². The second-order valence-electron chi connectivity index (χ2n) is 7.80. The molecule has 30 heavy (non-hydrogen) atoms. The van der Waals surface area contributed by atoms with Gasteiger partial charge >= 0.3 is 0 Å². The monoisotopic (exact) mass is 408 g/mol. The summed E-state index contributed by atoms with van der Waals surface area (Å²) in [7, 11) is 0. The van der Waals surface area contributed by atoms with Crippen LogP contribution in [0.3, 0.4) is 0 Å². The van der Waals surface area contributed by atoms with Crippen LogP contribution in [0.1, 0.15) is 36.4 Å². The Kier molecular flexibility index (Phi) is 4.94. The number of anilines is 1. The molecule has 1 fully saturated rings. The fraction of sp³-hybridized carbons (Fsp3) is 0.391. The van der Waals surface area contributed by atoms with E-state index in [2.05, 4.69) is 5.32 Å². The first-order chi connectivity index (χ1) is 14.7. The predicted molar refractivity (Wildman–Crippen MR) is 110 cm³/mol. The lowest BCUT2D eigenvalue weighted by atomic mass is 10.0. The van der Waals surface area contributed by atoms with Crippen molar-refractivity contribution >= 4 is 17.5 Å². The number of rotatable bonds is 4. The number of carbonyl (C=O) groups is 2. The molecule has 0 unspecified atom stereocenters. The van der Waals surface area contributed by atoms with Gasteiger partial charge in [0.1, 0.15) is 19.0 Å². The molecule has 2 aromatic rings. The summed E-state index contributed by atoms with van der Waals surface area (Å²) in [5.41, 5.74) is 2.92. The maximum absolute atomic E-state index is 12.9. The summed E-state index contributed by atoms with van der Waals surface area (Å²) in [6.07, 6.45) is 3.04. The summed E-state index contributed by atoms with van der Waals surface area (Å²) < 4.78 is 17.1. The van der Waals surface area contributed by atoms with Crippen LogP contribution in [-0.2, 0) is 16.0 Å². The first kappa shape index (κ1) is 18.8. The maximum Gasteiger partial charge on any atom is 0.261 e. The lowest BCUT2D eigenvalue weighted by molar-refractivity contribution is -0.134. The summed E-state index contributed by atoms with van der Waals surface area (Å²) in [5.74, 6) is 2.15. The summed E-state index contributed by atoms with van der Waals surface area (Å²) in [6, 6.07) is 11.5. The summed E-state index contributed by atoms with van der Waals surface area (Å²) in [5, 5.41) is 2.85. The zero-order chi connectivity index (χ0) is 20.5. The van der Waals surface area contributed by atoms with E-state index in [1.807, 2.05) is 35.2 Å². The molecule has 0 radical (unpaired) electrons. The molecule has 0 bridgehead atoms. The Labute approximate surface area is 174 Å². The van der Waals surface area contributed by atoms with Crippen molar-refractivity contribution in [2.24, 2.45) is 0 Å². The highest BCUT2D eigenvalue weighted by atomic mass is 16.6. The minimum atomic E-state index is -0.0292. The number of carbonyl (C=O) groups excluding carboxylic acids is 2. The highest BCUT2D eigenvalue weighted by Crippen LogP contribution is 2.38. The van der Waals surface area contributed by atoms with Crippen LogP contribution in [0, 0.1) is 0 Å². The quantitative estimate of drug-likeness (QED) is 0.841. The Morgan fingerprint density at radius 1 is 1.10 bits per heavy atom. The molecular formula is C23H24N2O5. The van der Waals surface area contributed by atoms with E-state index in [9.17, 15) is 9.59 Å². The molecule has 7 heteroatoms. The number of hydrogen-bond donors (Lipinski definition) is 1. The van der Waals surface area contributed by atoms with Crippen molar-refractivity contribution in [3.63, 3.8) is 0 Å². The summed E-state index contributed by atoms with van der Waals surface area (Å²) >= 11 is 0. The summed E-state index contributed by atoms with van der Waals surface area (Å²) in [4.78, 5) is 26.3. The van der Waals surface area contributed by atoms with E-state index in [-0.39, 0.29) is 24.5 Å². The molecule has 1 saturated heterocycles. The lowest BCUT2D eigenvalue weighted by Crippen LogP contribution is -2.34. The molecule has 5 rings (SSSR count). The minimum absolute atomic E-state index is 0.00774. The number of benzene rings is 2. The number of hydrogen-bond acceptors (Lipinski definition) is 5. The molecule has 2 amide bonds. The second kappa shape index (κ2) is 7.89. The third-order valence-corrected chi connectivity index (χ3v) is 5.86. The molecule has 0 saturated carbocycles. The number of amides is 2. The molecule has 156 valence electrons. The van der Waals surface area contributed by atoms with Crippen LogP contribution in [0.25, 0.3) is 0 Å². The van der Waals surface area contributed by atoms with Crippen LogP contribution in [0.2, 0.25) is 0 Å². The van der Waals surface area contributed by atoms with Gasteiger partial charge in [-0.25, -0.2) is 0 Å². The van der Waals surface area contributed by atoms with Gasteiger partial charge in [-0.1, -0.05) is 6.07 Å². The number of aryl methyl sites for hydroxylation is 1. The van der Waals surface area contributed by atoms with Gasteiger partial charge in [0.15, 0.2) is 18.1 Å². The van der Waals surface area contributed by atoms with Gasteiger partial charge < -0.3 is 24.4 Å². The Balaban J connectivity index is 1.25. The van der Waals surface area contributed by atoms with Crippen molar-refractivity contribution in [2.75, 3.05) is 31.7 Å². The number of ether oxygens (including phenoxy) is 3. The van der Waals surface area contributed by atoms with Crippen molar-refractivity contribution in [1.29, 1.82) is 0 Å². The van der Waals surface area contributed by atoms with Gasteiger partial charge in [-0.15, -0.1) is 0 Å². The van der Waals surface area contributed by atoms with E-state index < -0.39 is 0 Å². The topological polar surface area (TPSA) is 77.1 Å². The van der Waals surface area contributed by atoms with Crippen molar-refractivity contribution in [1.82, 2.24) is 4.90 Å². The molecule has 0 aliphatic carbocycles. The first-order valence-electron chi connectivity index (χ1n) is 10.4. The Morgan fingerprint density at radius 2 is 1.97 bits per heavy atom. The van der Waals surface area contributed by atoms with Gasteiger partial charge in [0.05, 0.1) is 6.04 Å². The smallest absolute Gasteiger partial charge is 0.261 e. The molecule has 1 atom stereocenters. The average Bonchev–Trinajstić information content (AvgIpc) is 3.27. The molecule has 1 N–H and O–H groups in total. The number of fused-ring (bicyclic) bond motifs is 2. The number of nitrogens with one attached hydrogen (secondary N) is 1. The molecule has 2 aromatic carbocycles. The molecule has 3 aliphatic rings. The zero-order valence-electron chi connectivity index (χ0n) is 16.7. The van der Waals surface area contributed by atoms with Crippen LogP contribution < -0.4 is 19.5 Å². The fourth-order valence-corrected chi connectivity index (χ4v) is 4.36. The van der Waals surface area contributed by atoms with Crippen LogP contribution in [-0.4, -0.2) is 43.1 Å². The van der Waals surface area contributed by atoms with Gasteiger partial charge in [0.25, 0.3) is 5.91 Å². The van der Waals surface area contributed by atoms with Gasteiger partial charge in [-0.05, 0) is 60.7 Å². The Bertz CT molecular complexity index is 990. The Hall–Kier alpha value is -3.22. The minimum Gasteiger partial charge on any atom is -0.486 e. The highest BCUT2D eigenvalue weighted by molar-refractivity contribution is 5.94. The van der Waals surface area contributed by atoms with Crippen LogP contribution in [0.5, 0.6) is 17.2 Å².